The molecule has 1 atom stereocenters. The van der Waals surface area contributed by atoms with Gasteiger partial charge < -0.3 is 14.6 Å². The minimum absolute atomic E-state index is 0.0342. The minimum atomic E-state index is -0.100. The fraction of sp³-hybridized carbons (Fsp3) is 0.444. The molecule has 1 aliphatic rings. The molecule has 2 amide bonds. The largest absolute Gasteiger partial charge is 0.459 e. The molecule has 1 saturated heterocycles. The van der Waals surface area contributed by atoms with E-state index >= 15 is 0 Å². The summed E-state index contributed by atoms with van der Waals surface area (Å²) < 4.78 is 5.18. The number of aryl methyl sites for hydroxylation is 1. The molecule has 2 aromatic heterocycles. The normalized spacial score (nSPS) is 17.7. The molecule has 0 spiro atoms. The maximum absolute atomic E-state index is 12.3. The highest BCUT2D eigenvalue weighted by atomic mass is 32.1. The number of likely N-dealkylation sites (tertiary alicyclic amines) is 1. The lowest BCUT2D eigenvalue weighted by molar-refractivity contribution is -0.122. The Morgan fingerprint density at radius 1 is 1.33 bits per heavy atom. The zero-order valence-corrected chi connectivity index (χ0v) is 14.4. The topological polar surface area (TPSA) is 62.6 Å². The van der Waals surface area contributed by atoms with Gasteiger partial charge in [-0.05, 0) is 49.3 Å². The van der Waals surface area contributed by atoms with E-state index in [1.165, 1.54) is 11.1 Å². The maximum Gasteiger partial charge on any atom is 0.289 e. The van der Waals surface area contributed by atoms with Gasteiger partial charge in [-0.25, -0.2) is 0 Å². The van der Waals surface area contributed by atoms with Gasteiger partial charge in [0.15, 0.2) is 5.76 Å². The summed E-state index contributed by atoms with van der Waals surface area (Å²) in [5, 5.41) is 5.13. The number of amides is 2. The quantitative estimate of drug-likeness (QED) is 0.874. The van der Waals surface area contributed by atoms with Crippen molar-refractivity contribution in [2.45, 2.75) is 38.1 Å². The van der Waals surface area contributed by atoms with Crippen LogP contribution in [-0.4, -0.2) is 35.8 Å². The summed E-state index contributed by atoms with van der Waals surface area (Å²) in [6.45, 7) is 1.26. The molecule has 0 aromatic carbocycles. The summed E-state index contributed by atoms with van der Waals surface area (Å²) in [5.74, 6) is 0.332. The lowest BCUT2D eigenvalue weighted by Crippen LogP contribution is -2.49. The Morgan fingerprint density at radius 3 is 3.00 bits per heavy atom. The first kappa shape index (κ1) is 16.8. The Hall–Kier alpha value is -2.08. The Kier molecular flexibility index (Phi) is 5.69. The van der Waals surface area contributed by atoms with Gasteiger partial charge in [0, 0.05) is 30.4 Å². The van der Waals surface area contributed by atoms with Crippen LogP contribution in [0.1, 0.15) is 41.1 Å². The van der Waals surface area contributed by atoms with Crippen LogP contribution in [-0.2, 0) is 11.2 Å². The highest BCUT2D eigenvalue weighted by Crippen LogP contribution is 2.15. The average molecular weight is 346 g/mol. The Labute approximate surface area is 145 Å². The van der Waals surface area contributed by atoms with Gasteiger partial charge in [0.25, 0.3) is 5.91 Å². The van der Waals surface area contributed by atoms with E-state index in [1.807, 2.05) is 6.07 Å². The molecule has 128 valence electrons. The predicted molar refractivity (Wildman–Crippen MR) is 93.0 cm³/mol. The lowest BCUT2D eigenvalue weighted by Gasteiger charge is -2.32. The van der Waals surface area contributed by atoms with Crippen LogP contribution in [0, 0.1) is 0 Å². The van der Waals surface area contributed by atoms with Crippen LogP contribution in [0.2, 0.25) is 0 Å². The van der Waals surface area contributed by atoms with E-state index in [-0.39, 0.29) is 17.9 Å². The van der Waals surface area contributed by atoms with Crippen molar-refractivity contribution in [1.82, 2.24) is 10.2 Å². The average Bonchev–Trinajstić information content (AvgIpc) is 3.28. The third kappa shape index (κ3) is 4.47. The van der Waals surface area contributed by atoms with Crippen molar-refractivity contribution in [1.29, 1.82) is 0 Å². The number of piperidine rings is 1. The van der Waals surface area contributed by atoms with Crippen molar-refractivity contribution in [2.75, 3.05) is 13.1 Å². The van der Waals surface area contributed by atoms with E-state index in [9.17, 15) is 9.59 Å². The molecule has 1 fully saturated rings. The molecule has 6 heteroatoms. The van der Waals surface area contributed by atoms with Crippen LogP contribution in [0.5, 0.6) is 0 Å². The predicted octanol–water partition coefficient (Wildman–Crippen LogP) is 3.08. The zero-order valence-electron chi connectivity index (χ0n) is 13.6. The number of carbonyl (C=O) groups is 2. The summed E-state index contributed by atoms with van der Waals surface area (Å²) in [5.41, 5.74) is 0. The molecule has 5 nitrogen and oxygen atoms in total. The molecule has 3 heterocycles. The van der Waals surface area contributed by atoms with Crippen LogP contribution in [0.25, 0.3) is 0 Å². The number of hydrogen-bond acceptors (Lipinski definition) is 4. The first-order valence-electron chi connectivity index (χ1n) is 8.37. The number of nitrogens with one attached hydrogen (secondary N) is 1. The molecule has 1 unspecified atom stereocenters. The smallest absolute Gasteiger partial charge is 0.289 e. The molecule has 0 radical (unpaired) electrons. The second-order valence-corrected chi connectivity index (χ2v) is 7.10. The summed E-state index contributed by atoms with van der Waals surface area (Å²) in [6.07, 6.45) is 5.64. The van der Waals surface area contributed by atoms with Gasteiger partial charge in [0.2, 0.25) is 5.91 Å². The van der Waals surface area contributed by atoms with Gasteiger partial charge in [-0.2, -0.15) is 0 Å². The molecule has 2 aromatic rings. The van der Waals surface area contributed by atoms with E-state index in [4.69, 9.17) is 4.42 Å². The summed E-state index contributed by atoms with van der Waals surface area (Å²) in [4.78, 5) is 27.5. The number of carbonyl (C=O) groups excluding carboxylic acids is 2. The number of thiophene rings is 1. The summed E-state index contributed by atoms with van der Waals surface area (Å²) in [7, 11) is 0. The highest BCUT2D eigenvalue weighted by Gasteiger charge is 2.26. The SMILES string of the molecule is O=C(CCCc1cccs1)NC1CCCN(C(=O)c2ccco2)C1. The Morgan fingerprint density at radius 2 is 2.25 bits per heavy atom. The van der Waals surface area contributed by atoms with Crippen molar-refractivity contribution in [3.05, 3.63) is 46.5 Å². The number of nitrogens with zero attached hydrogens (tertiary/aromatic N) is 1. The molecule has 0 aliphatic carbocycles. The lowest BCUT2D eigenvalue weighted by atomic mass is 10.0. The van der Waals surface area contributed by atoms with Crippen LogP contribution >= 0.6 is 11.3 Å². The van der Waals surface area contributed by atoms with Crippen molar-refractivity contribution in [3.8, 4) is 0 Å². The zero-order chi connectivity index (χ0) is 16.8. The van der Waals surface area contributed by atoms with Crippen LogP contribution < -0.4 is 5.32 Å². The van der Waals surface area contributed by atoms with E-state index in [2.05, 4.69) is 16.8 Å². The fourth-order valence-corrected chi connectivity index (χ4v) is 3.76. The van der Waals surface area contributed by atoms with Crippen molar-refractivity contribution >= 4 is 23.2 Å². The molecule has 1 N–H and O–H groups in total. The van der Waals surface area contributed by atoms with Gasteiger partial charge >= 0.3 is 0 Å². The second-order valence-electron chi connectivity index (χ2n) is 6.07. The highest BCUT2D eigenvalue weighted by molar-refractivity contribution is 7.09. The standard InChI is InChI=1S/C18H22N2O3S/c21-17(9-1-6-15-7-4-12-24-15)19-14-5-2-10-20(13-14)18(22)16-8-3-11-23-16/h3-4,7-8,11-12,14H,1-2,5-6,9-10,13H2,(H,19,21). The third-order valence-corrected chi connectivity index (χ3v) is 5.15. The molecule has 0 bridgehead atoms. The third-order valence-electron chi connectivity index (χ3n) is 4.21. The summed E-state index contributed by atoms with van der Waals surface area (Å²) in [6, 6.07) is 7.56. The van der Waals surface area contributed by atoms with Crippen molar-refractivity contribution in [3.63, 3.8) is 0 Å². The second kappa shape index (κ2) is 8.15. The number of rotatable bonds is 6. The Balaban J connectivity index is 1.43. The number of furan rings is 1. The molecule has 24 heavy (non-hydrogen) atoms. The van der Waals surface area contributed by atoms with Gasteiger partial charge in [-0.15, -0.1) is 11.3 Å². The van der Waals surface area contributed by atoms with Crippen LogP contribution in [0.3, 0.4) is 0 Å². The maximum atomic E-state index is 12.3. The fourth-order valence-electron chi connectivity index (χ4n) is 3.01. The van der Waals surface area contributed by atoms with E-state index in [0.29, 0.717) is 25.3 Å². The molecule has 1 aliphatic heterocycles. The molecular formula is C18H22N2O3S. The number of hydrogen-bond donors (Lipinski definition) is 1. The van der Waals surface area contributed by atoms with E-state index < -0.39 is 0 Å². The first-order chi connectivity index (χ1) is 11.7. The van der Waals surface area contributed by atoms with Gasteiger partial charge in [-0.3, -0.25) is 9.59 Å². The van der Waals surface area contributed by atoms with Gasteiger partial charge in [0.1, 0.15) is 0 Å². The minimum Gasteiger partial charge on any atom is -0.459 e. The van der Waals surface area contributed by atoms with E-state index in [0.717, 1.165) is 25.7 Å². The van der Waals surface area contributed by atoms with Crippen molar-refractivity contribution in [2.24, 2.45) is 0 Å². The van der Waals surface area contributed by atoms with Gasteiger partial charge in [-0.1, -0.05) is 6.07 Å². The summed E-state index contributed by atoms with van der Waals surface area (Å²) >= 11 is 1.73. The van der Waals surface area contributed by atoms with E-state index in [1.54, 1.807) is 28.4 Å². The van der Waals surface area contributed by atoms with Crippen LogP contribution in [0.4, 0.5) is 0 Å². The Bertz CT molecular complexity index is 652. The first-order valence-corrected chi connectivity index (χ1v) is 9.25. The van der Waals surface area contributed by atoms with Gasteiger partial charge in [0.05, 0.1) is 6.26 Å². The molecular weight excluding hydrogens is 324 g/mol. The molecule has 3 rings (SSSR count). The van der Waals surface area contributed by atoms with Crippen molar-refractivity contribution < 1.29 is 14.0 Å². The molecule has 0 saturated carbocycles. The monoisotopic (exact) mass is 346 g/mol. The van der Waals surface area contributed by atoms with Crippen LogP contribution in [0.15, 0.2) is 40.3 Å².